The van der Waals surface area contributed by atoms with E-state index in [9.17, 15) is 4.79 Å². The zero-order valence-electron chi connectivity index (χ0n) is 23.0. The average molecular weight is 496 g/mol. The van der Waals surface area contributed by atoms with Crippen LogP contribution in [0, 0.1) is 23.6 Å². The van der Waals surface area contributed by atoms with Gasteiger partial charge in [0, 0.05) is 13.1 Å². The topological polar surface area (TPSA) is 20.3 Å². The van der Waals surface area contributed by atoms with Crippen LogP contribution in [0.3, 0.4) is 0 Å². The van der Waals surface area contributed by atoms with Gasteiger partial charge in [0.1, 0.15) is 5.82 Å². The Labute approximate surface area is 220 Å². The second-order valence-corrected chi connectivity index (χ2v) is 12.3. The molecule has 0 N–H and O–H groups in total. The van der Waals surface area contributed by atoms with Crippen molar-refractivity contribution in [3.8, 4) is 0 Å². The minimum absolute atomic E-state index is 0.00124. The average Bonchev–Trinajstić information content (AvgIpc) is 2.93. The van der Waals surface area contributed by atoms with Crippen molar-refractivity contribution in [2.75, 3.05) is 7.05 Å². The Balaban J connectivity index is 1.24. The molecule has 1 amide bonds. The summed E-state index contributed by atoms with van der Waals surface area (Å²) in [5.41, 5.74) is 2.11. The van der Waals surface area contributed by atoms with Gasteiger partial charge in [0.05, 0.1) is 0 Å². The van der Waals surface area contributed by atoms with E-state index in [4.69, 9.17) is 0 Å². The summed E-state index contributed by atoms with van der Waals surface area (Å²) in [5, 5.41) is 0. The molecule has 3 saturated carbocycles. The van der Waals surface area contributed by atoms with Crippen LogP contribution in [0.2, 0.25) is 0 Å². The highest BCUT2D eigenvalue weighted by Gasteiger charge is 2.32. The highest BCUT2D eigenvalue weighted by molar-refractivity contribution is 5.87. The van der Waals surface area contributed by atoms with Crippen LogP contribution in [0.25, 0.3) is 0 Å². The molecule has 3 aliphatic carbocycles. The summed E-state index contributed by atoms with van der Waals surface area (Å²) in [4.78, 5) is 13.7. The van der Waals surface area contributed by atoms with Crippen molar-refractivity contribution in [2.24, 2.45) is 17.8 Å². The third kappa shape index (κ3) is 6.81. The number of amides is 1. The second kappa shape index (κ2) is 13.2. The lowest BCUT2D eigenvalue weighted by molar-refractivity contribution is -0.127. The van der Waals surface area contributed by atoms with Crippen LogP contribution in [0.4, 0.5) is 4.39 Å². The normalized spacial score (nSPS) is 31.1. The Kier molecular flexibility index (Phi) is 10.1. The van der Waals surface area contributed by atoms with E-state index in [-0.39, 0.29) is 17.8 Å². The minimum atomic E-state index is -0.00124. The highest BCUT2D eigenvalue weighted by Crippen LogP contribution is 2.45. The van der Waals surface area contributed by atoms with E-state index in [1.54, 1.807) is 0 Å². The van der Waals surface area contributed by atoms with Crippen LogP contribution in [-0.2, 0) is 4.79 Å². The molecule has 0 saturated heterocycles. The standard InChI is InChI=1S/C33H50FNO/c1-4-6-7-8-24-9-11-25(12-10-24)26-13-15-28(16-14-26)31-22-19-29(23-32(31)34)27-17-20-30(21-18-27)35(3)33(36)5-2/h5,19,22-28,30H,2,4,6-18,20-21H2,1,3H3. The zero-order chi connectivity index (χ0) is 25.5. The van der Waals surface area contributed by atoms with Gasteiger partial charge in [-0.3, -0.25) is 4.79 Å². The molecule has 0 aliphatic heterocycles. The molecule has 0 unspecified atom stereocenters. The number of carbonyl (C=O) groups is 1. The van der Waals surface area contributed by atoms with Crippen molar-refractivity contribution >= 4 is 5.91 Å². The molecule has 36 heavy (non-hydrogen) atoms. The van der Waals surface area contributed by atoms with Gasteiger partial charge in [-0.25, -0.2) is 4.39 Å². The van der Waals surface area contributed by atoms with Gasteiger partial charge in [-0.1, -0.05) is 64.2 Å². The molecule has 1 aromatic carbocycles. The van der Waals surface area contributed by atoms with Crippen molar-refractivity contribution in [1.29, 1.82) is 0 Å². The fraction of sp³-hybridized carbons (Fsp3) is 0.727. The lowest BCUT2D eigenvalue weighted by Gasteiger charge is -2.38. The van der Waals surface area contributed by atoms with E-state index in [1.807, 2.05) is 18.0 Å². The second-order valence-electron chi connectivity index (χ2n) is 12.3. The van der Waals surface area contributed by atoms with E-state index >= 15 is 4.39 Å². The molecule has 3 heteroatoms. The van der Waals surface area contributed by atoms with Crippen molar-refractivity contribution in [1.82, 2.24) is 4.90 Å². The summed E-state index contributed by atoms with van der Waals surface area (Å²) >= 11 is 0. The van der Waals surface area contributed by atoms with Gasteiger partial charge in [0.2, 0.25) is 5.91 Å². The summed E-state index contributed by atoms with van der Waals surface area (Å²) in [6.45, 7) is 5.90. The summed E-state index contributed by atoms with van der Waals surface area (Å²) in [6.07, 6.45) is 21.7. The Bertz CT molecular complexity index is 841. The monoisotopic (exact) mass is 495 g/mol. The number of likely N-dealkylation sites (N-methyl/N-ethyl adjacent to an activating group) is 1. The molecule has 3 fully saturated rings. The lowest BCUT2D eigenvalue weighted by Crippen LogP contribution is -2.38. The van der Waals surface area contributed by atoms with E-state index in [0.717, 1.165) is 67.4 Å². The maximum Gasteiger partial charge on any atom is 0.245 e. The molecule has 1 aromatic rings. The molecule has 200 valence electrons. The van der Waals surface area contributed by atoms with Gasteiger partial charge < -0.3 is 4.90 Å². The van der Waals surface area contributed by atoms with E-state index in [1.165, 1.54) is 70.3 Å². The van der Waals surface area contributed by atoms with Crippen LogP contribution in [0.1, 0.15) is 133 Å². The molecular formula is C33H50FNO. The Morgan fingerprint density at radius 1 is 0.917 bits per heavy atom. The number of hydrogen-bond acceptors (Lipinski definition) is 1. The molecule has 0 spiro atoms. The van der Waals surface area contributed by atoms with Crippen LogP contribution < -0.4 is 0 Å². The fourth-order valence-corrected chi connectivity index (χ4v) is 7.78. The van der Waals surface area contributed by atoms with Gasteiger partial charge in [-0.15, -0.1) is 0 Å². The third-order valence-corrected chi connectivity index (χ3v) is 10.2. The maximum atomic E-state index is 15.3. The first-order chi connectivity index (χ1) is 17.5. The summed E-state index contributed by atoms with van der Waals surface area (Å²) < 4.78 is 15.3. The molecule has 0 aromatic heterocycles. The number of carbonyl (C=O) groups excluding carboxylic acids is 1. The number of hydrogen-bond donors (Lipinski definition) is 0. The molecule has 3 aliphatic rings. The summed E-state index contributed by atoms with van der Waals surface area (Å²) in [5.74, 6) is 3.61. The van der Waals surface area contributed by atoms with Crippen molar-refractivity contribution < 1.29 is 9.18 Å². The molecule has 4 rings (SSSR count). The van der Waals surface area contributed by atoms with Gasteiger partial charge >= 0.3 is 0 Å². The van der Waals surface area contributed by atoms with E-state index < -0.39 is 0 Å². The lowest BCUT2D eigenvalue weighted by atomic mass is 9.68. The third-order valence-electron chi connectivity index (χ3n) is 10.2. The number of rotatable bonds is 9. The van der Waals surface area contributed by atoms with Gasteiger partial charge in [0.15, 0.2) is 0 Å². The Morgan fingerprint density at radius 2 is 1.53 bits per heavy atom. The molecule has 2 nitrogen and oxygen atoms in total. The van der Waals surface area contributed by atoms with Crippen LogP contribution in [0.15, 0.2) is 30.9 Å². The van der Waals surface area contributed by atoms with Crippen LogP contribution in [0.5, 0.6) is 0 Å². The number of benzene rings is 1. The van der Waals surface area contributed by atoms with Gasteiger partial charge in [-0.05, 0) is 117 Å². The molecule has 0 heterocycles. The fourth-order valence-electron chi connectivity index (χ4n) is 7.78. The zero-order valence-corrected chi connectivity index (χ0v) is 23.0. The first-order valence-corrected chi connectivity index (χ1v) is 15.2. The SMILES string of the molecule is C=CC(=O)N(C)C1CCC(c2ccc(C3CCC(C4CCC(CCCCC)CC4)CC3)c(F)c2)CC1. The maximum absolute atomic E-state index is 15.3. The van der Waals surface area contributed by atoms with Crippen LogP contribution >= 0.6 is 0 Å². The number of halogens is 1. The highest BCUT2D eigenvalue weighted by atomic mass is 19.1. The predicted molar refractivity (Wildman–Crippen MR) is 149 cm³/mol. The summed E-state index contributed by atoms with van der Waals surface area (Å²) in [6, 6.07) is 6.43. The molecular weight excluding hydrogens is 445 g/mol. The molecule has 0 radical (unpaired) electrons. The molecule has 0 bridgehead atoms. The number of unbranched alkanes of at least 4 members (excludes halogenated alkanes) is 2. The van der Waals surface area contributed by atoms with Crippen molar-refractivity contribution in [3.63, 3.8) is 0 Å². The first kappa shape index (κ1) is 27.4. The van der Waals surface area contributed by atoms with Crippen LogP contribution in [-0.4, -0.2) is 23.9 Å². The van der Waals surface area contributed by atoms with Crippen molar-refractivity contribution in [2.45, 2.75) is 128 Å². The first-order valence-electron chi connectivity index (χ1n) is 15.2. The van der Waals surface area contributed by atoms with Crippen molar-refractivity contribution in [3.05, 3.63) is 47.8 Å². The van der Waals surface area contributed by atoms with E-state index in [2.05, 4.69) is 25.6 Å². The Morgan fingerprint density at radius 3 is 2.11 bits per heavy atom. The Hall–Kier alpha value is -1.64. The van der Waals surface area contributed by atoms with Gasteiger partial charge in [0.25, 0.3) is 0 Å². The smallest absolute Gasteiger partial charge is 0.245 e. The largest absolute Gasteiger partial charge is 0.339 e. The van der Waals surface area contributed by atoms with Gasteiger partial charge in [-0.2, -0.15) is 0 Å². The predicted octanol–water partition coefficient (Wildman–Crippen LogP) is 9.16. The molecule has 0 atom stereocenters. The number of nitrogens with zero attached hydrogens (tertiary/aromatic N) is 1. The summed E-state index contributed by atoms with van der Waals surface area (Å²) in [7, 11) is 1.87. The minimum Gasteiger partial charge on any atom is -0.339 e. The quantitative estimate of drug-likeness (QED) is 0.247. The van der Waals surface area contributed by atoms with E-state index in [0.29, 0.717) is 11.8 Å².